The van der Waals surface area contributed by atoms with E-state index in [1.165, 1.54) is 33.1 Å². The van der Waals surface area contributed by atoms with Gasteiger partial charge in [-0.2, -0.15) is 9.36 Å². The van der Waals surface area contributed by atoms with Crippen molar-refractivity contribution in [1.29, 1.82) is 5.41 Å². The summed E-state index contributed by atoms with van der Waals surface area (Å²) >= 11 is 13.3. The number of nitrogens with zero attached hydrogens (tertiary/aromatic N) is 3. The molecule has 0 fully saturated rings. The maximum atomic E-state index is 7.50. The molecular weight excluding hydrogens is 315 g/mol. The summed E-state index contributed by atoms with van der Waals surface area (Å²) in [5.41, 5.74) is 0. The number of hydrogen-bond donors (Lipinski definition) is 1. The summed E-state index contributed by atoms with van der Waals surface area (Å²) < 4.78 is 8.66. The van der Waals surface area contributed by atoms with E-state index in [1.807, 2.05) is 0 Å². The van der Waals surface area contributed by atoms with E-state index in [4.69, 9.17) is 28.6 Å². The molecule has 0 atom stereocenters. The quantitative estimate of drug-likeness (QED) is 0.392. The fourth-order valence-corrected chi connectivity index (χ4v) is 3.79. The van der Waals surface area contributed by atoms with Crippen LogP contribution in [0, 0.1) is 5.41 Å². The van der Waals surface area contributed by atoms with Crippen LogP contribution in [-0.4, -0.2) is 18.9 Å². The second-order valence-corrected chi connectivity index (χ2v) is 7.02. The molecule has 10 heteroatoms. The molecule has 0 bridgehead atoms. The zero-order chi connectivity index (χ0) is 11.3. The Hall–Kier alpha value is 0.530. The van der Waals surface area contributed by atoms with E-state index in [-0.39, 0.29) is 5.28 Å². The summed E-state index contributed by atoms with van der Waals surface area (Å²) in [5.74, 6) is 0. The van der Waals surface area contributed by atoms with Gasteiger partial charge in [-0.05, 0) is 51.6 Å². The van der Waals surface area contributed by atoms with Crippen molar-refractivity contribution in [3.05, 3.63) is 5.28 Å². The highest BCUT2D eigenvalue weighted by Gasteiger charge is 2.05. The molecule has 0 aromatic carbocycles. The molecule has 0 spiro atoms. The molecule has 0 aliphatic heterocycles. The lowest BCUT2D eigenvalue weighted by molar-refractivity contribution is 1.22. The Bertz CT molecular complexity index is 375. The van der Waals surface area contributed by atoms with Crippen LogP contribution in [0.2, 0.25) is 5.28 Å². The molecule has 0 radical (unpaired) electrons. The molecule has 0 amide bonds. The van der Waals surface area contributed by atoms with E-state index in [0.717, 1.165) is 11.9 Å². The van der Waals surface area contributed by atoms with Crippen molar-refractivity contribution < 1.29 is 0 Å². The summed E-state index contributed by atoms with van der Waals surface area (Å²) in [5, 5.41) is 8.15. The van der Waals surface area contributed by atoms with E-state index >= 15 is 0 Å². The zero-order valence-electron chi connectivity index (χ0n) is 7.23. The minimum absolute atomic E-state index is 0.233. The molecule has 1 aromatic heterocycles. The van der Waals surface area contributed by atoms with Gasteiger partial charge in [0.2, 0.25) is 5.28 Å². The topological polar surface area (TPSA) is 62.0 Å². The standard InChI is InChI=1S/C5H4Cl2N4S4/c1-2(6)10-12-4(8)14-15-5-9-3(7)11-13-5/h8H,1H3/b8-4?,10-2+. The highest BCUT2D eigenvalue weighted by atomic mass is 35.5. The van der Waals surface area contributed by atoms with Crippen molar-refractivity contribution >= 4 is 77.8 Å². The molecule has 0 aliphatic carbocycles. The maximum Gasteiger partial charge on any atom is 0.235 e. The third-order valence-corrected chi connectivity index (χ3v) is 5.59. The molecule has 1 heterocycles. The SMILES string of the molecule is C/C(Cl)=N\SC(=N)SSc1nc(Cl)ns1. The Morgan fingerprint density at radius 3 is 2.87 bits per heavy atom. The largest absolute Gasteiger partial charge is 0.286 e. The van der Waals surface area contributed by atoms with Crippen LogP contribution in [0.1, 0.15) is 6.92 Å². The predicted octanol–water partition coefficient (Wildman–Crippen LogP) is 4.17. The first-order valence-electron chi connectivity index (χ1n) is 3.37. The molecule has 0 saturated carbocycles. The fourth-order valence-electron chi connectivity index (χ4n) is 0.420. The van der Waals surface area contributed by atoms with Crippen molar-refractivity contribution in [1.82, 2.24) is 9.36 Å². The van der Waals surface area contributed by atoms with Gasteiger partial charge < -0.3 is 0 Å². The average molecular weight is 319 g/mol. The number of rotatable bonds is 3. The Morgan fingerprint density at radius 1 is 1.60 bits per heavy atom. The monoisotopic (exact) mass is 318 g/mol. The van der Waals surface area contributed by atoms with Gasteiger partial charge in [0.15, 0.2) is 8.72 Å². The van der Waals surface area contributed by atoms with Crippen LogP contribution in [0.4, 0.5) is 0 Å². The lowest BCUT2D eigenvalue weighted by Crippen LogP contribution is -1.78. The highest BCUT2D eigenvalue weighted by Crippen LogP contribution is 2.36. The first-order chi connectivity index (χ1) is 7.08. The van der Waals surface area contributed by atoms with E-state index in [0.29, 0.717) is 13.9 Å². The Balaban J connectivity index is 2.31. The van der Waals surface area contributed by atoms with Gasteiger partial charge in [0.1, 0.15) is 5.17 Å². The molecule has 0 aliphatic rings. The van der Waals surface area contributed by atoms with E-state index in [1.54, 1.807) is 6.92 Å². The highest BCUT2D eigenvalue weighted by molar-refractivity contribution is 8.86. The number of aromatic nitrogens is 2. The van der Waals surface area contributed by atoms with Crippen molar-refractivity contribution in [2.24, 2.45) is 4.40 Å². The molecular formula is C5H4Cl2N4S4. The molecule has 4 nitrogen and oxygen atoms in total. The van der Waals surface area contributed by atoms with Crippen LogP contribution in [-0.2, 0) is 0 Å². The lowest BCUT2D eigenvalue weighted by Gasteiger charge is -1.94. The maximum absolute atomic E-state index is 7.50. The van der Waals surface area contributed by atoms with Crippen molar-refractivity contribution in [2.45, 2.75) is 11.3 Å². The predicted molar refractivity (Wildman–Crippen MR) is 72.6 cm³/mol. The summed E-state index contributed by atoms with van der Waals surface area (Å²) in [6, 6.07) is 0. The summed E-state index contributed by atoms with van der Waals surface area (Å²) in [4.78, 5) is 3.93. The van der Waals surface area contributed by atoms with E-state index < -0.39 is 0 Å². The van der Waals surface area contributed by atoms with Gasteiger partial charge in [0, 0.05) is 11.9 Å². The van der Waals surface area contributed by atoms with Gasteiger partial charge in [0.25, 0.3) is 0 Å². The normalized spacial score (nSPS) is 11.8. The van der Waals surface area contributed by atoms with Gasteiger partial charge in [-0.15, -0.1) is 0 Å². The Morgan fingerprint density at radius 2 is 2.33 bits per heavy atom. The molecule has 82 valence electrons. The molecule has 15 heavy (non-hydrogen) atoms. The van der Waals surface area contributed by atoms with Gasteiger partial charge >= 0.3 is 0 Å². The van der Waals surface area contributed by atoms with Crippen molar-refractivity contribution in [3.63, 3.8) is 0 Å². The van der Waals surface area contributed by atoms with Crippen LogP contribution >= 0.6 is 68.3 Å². The number of hydrogen-bond acceptors (Lipinski definition) is 8. The smallest absolute Gasteiger partial charge is 0.235 e. The molecule has 1 N–H and O–H groups in total. The lowest BCUT2D eigenvalue weighted by atomic mass is 10.9. The molecule has 0 saturated heterocycles. The zero-order valence-corrected chi connectivity index (χ0v) is 12.0. The van der Waals surface area contributed by atoms with Gasteiger partial charge in [-0.1, -0.05) is 11.6 Å². The van der Waals surface area contributed by atoms with Gasteiger partial charge in [-0.25, -0.2) is 4.40 Å². The van der Waals surface area contributed by atoms with Crippen LogP contribution < -0.4 is 0 Å². The summed E-state index contributed by atoms with van der Waals surface area (Å²) in [7, 11) is 2.55. The first-order valence-corrected chi connectivity index (χ1v) is 7.82. The van der Waals surface area contributed by atoms with Crippen LogP contribution in [0.5, 0.6) is 0 Å². The Kier molecular flexibility index (Phi) is 6.32. The molecule has 0 unspecified atom stereocenters. The minimum atomic E-state index is 0.233. The number of halogens is 2. The third-order valence-electron chi connectivity index (χ3n) is 0.826. The van der Waals surface area contributed by atoms with E-state index in [2.05, 4.69) is 13.8 Å². The van der Waals surface area contributed by atoms with Crippen LogP contribution in [0.3, 0.4) is 0 Å². The minimum Gasteiger partial charge on any atom is -0.286 e. The third kappa shape index (κ3) is 5.98. The fraction of sp³-hybridized carbons (Fsp3) is 0.200. The summed E-state index contributed by atoms with van der Waals surface area (Å²) in [6.45, 7) is 1.66. The van der Waals surface area contributed by atoms with Crippen molar-refractivity contribution in [2.75, 3.05) is 0 Å². The Labute approximate surface area is 113 Å². The number of nitrogens with one attached hydrogen (secondary N) is 1. The second kappa shape index (κ2) is 6.97. The molecule has 1 aromatic rings. The van der Waals surface area contributed by atoms with Crippen LogP contribution in [0.25, 0.3) is 0 Å². The first kappa shape index (κ1) is 13.6. The van der Waals surface area contributed by atoms with Gasteiger partial charge in [-0.3, -0.25) is 5.41 Å². The second-order valence-electron chi connectivity index (χ2n) is 1.96. The van der Waals surface area contributed by atoms with Gasteiger partial charge in [0.05, 0.1) is 0 Å². The van der Waals surface area contributed by atoms with Crippen LogP contribution in [0.15, 0.2) is 8.74 Å². The summed E-state index contributed by atoms with van der Waals surface area (Å²) in [6.07, 6.45) is 0. The van der Waals surface area contributed by atoms with Crippen molar-refractivity contribution in [3.8, 4) is 0 Å². The van der Waals surface area contributed by atoms with E-state index in [9.17, 15) is 0 Å². The molecule has 1 rings (SSSR count). The average Bonchev–Trinajstić information content (AvgIpc) is 2.58.